The van der Waals surface area contributed by atoms with Crippen molar-refractivity contribution in [3.05, 3.63) is 48.0 Å². The Hall–Kier alpha value is -1.65. The fourth-order valence-corrected chi connectivity index (χ4v) is 2.47. The molecule has 1 heterocycles. The quantitative estimate of drug-likeness (QED) is 0.552. The number of hydrogen-bond acceptors (Lipinski definition) is 2. The summed E-state index contributed by atoms with van der Waals surface area (Å²) in [6.07, 6.45) is 0. The zero-order valence-electron chi connectivity index (χ0n) is 9.27. The van der Waals surface area contributed by atoms with Crippen LogP contribution in [0.4, 0.5) is 8.78 Å². The lowest BCUT2D eigenvalue weighted by molar-refractivity contribution is 0.577. The van der Waals surface area contributed by atoms with Crippen LogP contribution in [-0.2, 0) is 0 Å². The van der Waals surface area contributed by atoms with Crippen molar-refractivity contribution in [1.29, 1.82) is 0 Å². The minimum atomic E-state index is -1.25. The Morgan fingerprint density at radius 3 is 1.50 bits per heavy atom. The Morgan fingerprint density at radius 1 is 0.722 bits per heavy atom. The van der Waals surface area contributed by atoms with Crippen LogP contribution in [0, 0.1) is 11.6 Å². The molecule has 2 aromatic carbocycles. The molecule has 88 valence electrons. The Bertz CT molecular complexity index is 578. The lowest BCUT2D eigenvalue weighted by Crippen LogP contribution is -2.70. The molecule has 6 heteroatoms. The molecule has 0 spiro atoms. The second-order valence-electron chi connectivity index (χ2n) is 4.29. The summed E-state index contributed by atoms with van der Waals surface area (Å²) in [5.41, 5.74) is 0.450. The highest BCUT2D eigenvalue weighted by molar-refractivity contribution is 6.97. The summed E-state index contributed by atoms with van der Waals surface area (Å²) >= 11 is 0. The van der Waals surface area contributed by atoms with Crippen molar-refractivity contribution in [1.82, 2.24) is 0 Å². The van der Waals surface area contributed by atoms with Crippen molar-refractivity contribution in [3.63, 3.8) is 0 Å². The zero-order chi connectivity index (χ0) is 12.9. The molecule has 2 N–H and O–H groups in total. The number of benzene rings is 2. The van der Waals surface area contributed by atoms with Crippen molar-refractivity contribution >= 4 is 35.7 Å². The molecule has 0 atom stereocenters. The van der Waals surface area contributed by atoms with Gasteiger partial charge in [0.05, 0.1) is 0 Å². The highest BCUT2D eigenvalue weighted by Gasteiger charge is 2.39. The van der Waals surface area contributed by atoms with Gasteiger partial charge in [-0.15, -0.1) is 0 Å². The molecule has 0 unspecified atom stereocenters. The van der Waals surface area contributed by atoms with Gasteiger partial charge in [-0.1, -0.05) is 24.3 Å². The average Bonchev–Trinajstić information content (AvgIpc) is 2.35. The highest BCUT2D eigenvalue weighted by atomic mass is 19.1. The van der Waals surface area contributed by atoms with Crippen LogP contribution in [0.5, 0.6) is 0 Å². The van der Waals surface area contributed by atoms with Crippen LogP contribution in [-0.4, -0.2) is 23.9 Å². The molecular formula is C12H8B2F2O2. The molecule has 2 nitrogen and oxygen atoms in total. The van der Waals surface area contributed by atoms with E-state index >= 15 is 0 Å². The van der Waals surface area contributed by atoms with Crippen molar-refractivity contribution in [2.24, 2.45) is 0 Å². The van der Waals surface area contributed by atoms with Crippen molar-refractivity contribution < 1.29 is 18.8 Å². The van der Waals surface area contributed by atoms with Crippen LogP contribution in [0.3, 0.4) is 0 Å². The van der Waals surface area contributed by atoms with Gasteiger partial charge in [0, 0.05) is 0 Å². The van der Waals surface area contributed by atoms with Crippen molar-refractivity contribution in [2.75, 3.05) is 0 Å². The minimum absolute atomic E-state index is 0.0168. The van der Waals surface area contributed by atoms with E-state index in [1.54, 1.807) is 0 Å². The van der Waals surface area contributed by atoms with Gasteiger partial charge in [-0.2, -0.15) is 0 Å². The first-order valence-electron chi connectivity index (χ1n) is 5.54. The van der Waals surface area contributed by atoms with E-state index in [1.807, 2.05) is 0 Å². The molecule has 1 aliphatic heterocycles. The molecule has 2 aromatic rings. The van der Waals surface area contributed by atoms with E-state index < -0.39 is 25.5 Å². The lowest BCUT2D eigenvalue weighted by atomic mass is 9.36. The third-order valence-electron chi connectivity index (χ3n) is 3.31. The Labute approximate surface area is 103 Å². The second kappa shape index (κ2) is 3.93. The first-order valence-corrected chi connectivity index (χ1v) is 5.54. The summed E-state index contributed by atoms with van der Waals surface area (Å²) in [5, 5.41) is 20.2. The first-order chi connectivity index (χ1) is 8.61. The topological polar surface area (TPSA) is 40.5 Å². The molecule has 0 fully saturated rings. The van der Waals surface area contributed by atoms with Crippen LogP contribution in [0.1, 0.15) is 0 Å². The second-order valence-corrected chi connectivity index (χ2v) is 4.29. The van der Waals surface area contributed by atoms with Gasteiger partial charge >= 0.3 is 13.8 Å². The first kappa shape index (κ1) is 11.4. The standard InChI is InChI=1S/C12H8B2F2O2/c15-9-5-1-3-7-11(9)14(18)8-4-2-6-10(16)12(8)13(7)17/h1-6,17-18H. The molecule has 18 heavy (non-hydrogen) atoms. The molecular weight excluding hydrogens is 236 g/mol. The number of hydrogen-bond donors (Lipinski definition) is 2. The van der Waals surface area contributed by atoms with Gasteiger partial charge in [-0.05, 0) is 34.0 Å². The smallest absolute Gasteiger partial charge is 0.361 e. The SMILES string of the molecule is OB1c2cccc(F)c2B(O)c2cccc(F)c21. The molecule has 0 aliphatic carbocycles. The van der Waals surface area contributed by atoms with Gasteiger partial charge in [0.25, 0.3) is 0 Å². The molecule has 0 saturated heterocycles. The predicted octanol–water partition coefficient (Wildman–Crippen LogP) is -1.53. The Balaban J connectivity index is 2.32. The highest BCUT2D eigenvalue weighted by Crippen LogP contribution is 2.03. The van der Waals surface area contributed by atoms with E-state index in [0.717, 1.165) is 0 Å². The number of rotatable bonds is 0. The molecule has 3 rings (SSSR count). The summed E-state index contributed by atoms with van der Waals surface area (Å²) in [6.45, 7) is -2.51. The van der Waals surface area contributed by atoms with Gasteiger partial charge in [0.1, 0.15) is 11.6 Å². The molecule has 0 radical (unpaired) electrons. The number of halogens is 2. The van der Waals surface area contributed by atoms with Gasteiger partial charge in [0.15, 0.2) is 0 Å². The average molecular weight is 244 g/mol. The third kappa shape index (κ3) is 1.43. The summed E-state index contributed by atoms with van der Waals surface area (Å²) in [7, 11) is 0. The van der Waals surface area contributed by atoms with Crippen LogP contribution in [0.2, 0.25) is 0 Å². The minimum Gasteiger partial charge on any atom is -0.443 e. The normalized spacial score (nSPS) is 13.3. The maximum atomic E-state index is 13.7. The van der Waals surface area contributed by atoms with Gasteiger partial charge < -0.3 is 10.0 Å². The summed E-state index contributed by atoms with van der Waals surface area (Å²) in [6, 6.07) is 8.24. The van der Waals surface area contributed by atoms with Crippen molar-refractivity contribution in [2.45, 2.75) is 0 Å². The summed E-state index contributed by atoms with van der Waals surface area (Å²) in [5.74, 6) is -1.21. The van der Waals surface area contributed by atoms with Crippen LogP contribution in [0.15, 0.2) is 36.4 Å². The van der Waals surface area contributed by atoms with Crippen LogP contribution < -0.4 is 21.9 Å². The third-order valence-corrected chi connectivity index (χ3v) is 3.31. The van der Waals surface area contributed by atoms with Gasteiger partial charge in [0.2, 0.25) is 0 Å². The van der Waals surface area contributed by atoms with E-state index in [4.69, 9.17) is 0 Å². The lowest BCUT2D eigenvalue weighted by Gasteiger charge is -2.25. The fraction of sp³-hybridized carbons (Fsp3) is 0. The van der Waals surface area contributed by atoms with Gasteiger partial charge in [-0.3, -0.25) is 0 Å². The maximum absolute atomic E-state index is 13.7. The monoisotopic (exact) mass is 244 g/mol. The largest absolute Gasteiger partial charge is 0.443 e. The Morgan fingerprint density at radius 2 is 1.11 bits per heavy atom. The summed E-state index contributed by atoms with van der Waals surface area (Å²) in [4.78, 5) is 0. The molecule has 0 aromatic heterocycles. The Kier molecular flexibility index (Phi) is 2.50. The summed E-state index contributed by atoms with van der Waals surface area (Å²) < 4.78 is 27.4. The van der Waals surface area contributed by atoms with E-state index in [2.05, 4.69) is 0 Å². The fourth-order valence-electron chi connectivity index (χ4n) is 2.47. The molecule has 0 saturated carbocycles. The number of fused-ring (bicyclic) bond motifs is 2. The van der Waals surface area contributed by atoms with Crippen LogP contribution >= 0.6 is 0 Å². The van der Waals surface area contributed by atoms with E-state index in [1.165, 1.54) is 36.4 Å². The van der Waals surface area contributed by atoms with Gasteiger partial charge in [-0.25, -0.2) is 8.78 Å². The molecule has 0 bridgehead atoms. The van der Waals surface area contributed by atoms with E-state index in [-0.39, 0.29) is 21.9 Å². The van der Waals surface area contributed by atoms with Crippen molar-refractivity contribution in [3.8, 4) is 0 Å². The van der Waals surface area contributed by atoms with E-state index in [9.17, 15) is 18.8 Å². The van der Waals surface area contributed by atoms with Crippen LogP contribution in [0.25, 0.3) is 0 Å². The maximum Gasteiger partial charge on any atom is 0.361 e. The molecule has 1 aliphatic rings. The zero-order valence-corrected chi connectivity index (χ0v) is 9.27. The molecule has 0 amide bonds. The predicted molar refractivity (Wildman–Crippen MR) is 67.3 cm³/mol. The van der Waals surface area contributed by atoms with E-state index in [0.29, 0.717) is 0 Å².